The lowest BCUT2D eigenvalue weighted by Crippen LogP contribution is -2.18. The predicted octanol–water partition coefficient (Wildman–Crippen LogP) is 4.34. The van der Waals surface area contributed by atoms with Crippen LogP contribution in [-0.2, 0) is 9.53 Å². The number of alkyl halides is 3. The third-order valence-electron chi connectivity index (χ3n) is 3.49. The van der Waals surface area contributed by atoms with E-state index in [9.17, 15) is 22.4 Å². The average molecular weight is 371 g/mol. The van der Waals surface area contributed by atoms with Crippen LogP contribution in [0.3, 0.4) is 0 Å². The summed E-state index contributed by atoms with van der Waals surface area (Å²) < 4.78 is 59.8. The van der Waals surface area contributed by atoms with Gasteiger partial charge in [0.1, 0.15) is 11.6 Å². The predicted molar refractivity (Wildman–Crippen MR) is 86.7 cm³/mol. The summed E-state index contributed by atoms with van der Waals surface area (Å²) in [5.41, 5.74) is 6.76. The van der Waals surface area contributed by atoms with Gasteiger partial charge in [0.2, 0.25) is 0 Å². The van der Waals surface area contributed by atoms with Crippen LogP contribution in [0.25, 0.3) is 11.1 Å². The number of carbonyl (C=O) groups excluding carboxylic acids is 1. The van der Waals surface area contributed by atoms with Crippen LogP contribution in [0.15, 0.2) is 42.5 Å². The highest BCUT2D eigenvalue weighted by Crippen LogP contribution is 2.30. The Morgan fingerprint density at radius 1 is 1.15 bits per heavy atom. The number of ether oxygens (including phenoxy) is 2. The Morgan fingerprint density at radius 3 is 2.50 bits per heavy atom. The fourth-order valence-electron chi connectivity index (χ4n) is 2.39. The summed E-state index contributed by atoms with van der Waals surface area (Å²) in [6, 6.07) is 8.29. The Hall–Kier alpha value is -2.61. The van der Waals surface area contributed by atoms with Crippen LogP contribution in [0.2, 0.25) is 0 Å². The largest absolute Gasteiger partial charge is 0.573 e. The molecule has 0 saturated heterocycles. The summed E-state index contributed by atoms with van der Waals surface area (Å²) in [6.45, 7) is 1.82. The standard InChI is InChI=1S/C18H17F4NO3/c1-2-25-17(24)10-16(23)14-9-12(6-7-15(14)19)11-4-3-5-13(8-11)26-18(20,21)22/h3-9,16H,2,10,23H2,1H3/t16-/m0/s1. The van der Waals surface area contributed by atoms with E-state index < -0.39 is 29.9 Å². The zero-order valence-corrected chi connectivity index (χ0v) is 13.8. The van der Waals surface area contributed by atoms with E-state index in [0.29, 0.717) is 11.1 Å². The number of carbonyl (C=O) groups is 1. The van der Waals surface area contributed by atoms with Gasteiger partial charge in [-0.3, -0.25) is 4.79 Å². The van der Waals surface area contributed by atoms with Gasteiger partial charge in [0.25, 0.3) is 0 Å². The zero-order chi connectivity index (χ0) is 19.3. The maximum atomic E-state index is 14.1. The Labute approximate surface area is 147 Å². The molecule has 0 aromatic heterocycles. The smallest absolute Gasteiger partial charge is 0.466 e. The summed E-state index contributed by atoms with van der Waals surface area (Å²) in [5, 5.41) is 0. The van der Waals surface area contributed by atoms with Crippen molar-refractivity contribution in [3.63, 3.8) is 0 Å². The van der Waals surface area contributed by atoms with E-state index in [1.54, 1.807) is 13.0 Å². The van der Waals surface area contributed by atoms with Crippen molar-refractivity contribution in [2.24, 2.45) is 5.73 Å². The lowest BCUT2D eigenvalue weighted by molar-refractivity contribution is -0.274. The monoisotopic (exact) mass is 371 g/mol. The number of rotatable bonds is 6. The van der Waals surface area contributed by atoms with Gasteiger partial charge in [-0.2, -0.15) is 0 Å². The molecule has 0 radical (unpaired) electrons. The van der Waals surface area contributed by atoms with Gasteiger partial charge in [0.15, 0.2) is 0 Å². The molecular formula is C18H17F4NO3. The van der Waals surface area contributed by atoms with Gasteiger partial charge < -0.3 is 15.2 Å². The molecule has 0 saturated carbocycles. The third-order valence-corrected chi connectivity index (χ3v) is 3.49. The van der Waals surface area contributed by atoms with Crippen molar-refractivity contribution >= 4 is 5.97 Å². The first kappa shape index (κ1) is 19.7. The van der Waals surface area contributed by atoms with Crippen LogP contribution in [0.5, 0.6) is 5.75 Å². The lowest BCUT2D eigenvalue weighted by atomic mass is 9.97. The summed E-state index contributed by atoms with van der Waals surface area (Å²) in [7, 11) is 0. The number of benzene rings is 2. The molecule has 2 aromatic rings. The van der Waals surface area contributed by atoms with Crippen LogP contribution < -0.4 is 10.5 Å². The summed E-state index contributed by atoms with van der Waals surface area (Å²) >= 11 is 0. The number of hydrogen-bond acceptors (Lipinski definition) is 4. The molecule has 0 unspecified atom stereocenters. The van der Waals surface area contributed by atoms with Crippen molar-refractivity contribution in [3.05, 3.63) is 53.8 Å². The number of halogens is 4. The molecule has 2 N–H and O–H groups in total. The summed E-state index contributed by atoms with van der Waals surface area (Å²) in [5.74, 6) is -1.57. The SMILES string of the molecule is CCOC(=O)C[C@H](N)c1cc(-c2cccc(OC(F)(F)F)c2)ccc1F. The van der Waals surface area contributed by atoms with Crippen molar-refractivity contribution < 1.29 is 31.8 Å². The molecule has 0 spiro atoms. The maximum Gasteiger partial charge on any atom is 0.573 e. The van der Waals surface area contributed by atoms with Crippen molar-refractivity contribution in [2.45, 2.75) is 25.7 Å². The molecular weight excluding hydrogens is 354 g/mol. The molecule has 140 valence electrons. The van der Waals surface area contributed by atoms with Gasteiger partial charge in [0.05, 0.1) is 13.0 Å². The summed E-state index contributed by atoms with van der Waals surface area (Å²) in [6.07, 6.45) is -5.03. The van der Waals surface area contributed by atoms with Crippen molar-refractivity contribution in [1.82, 2.24) is 0 Å². The molecule has 0 aliphatic rings. The fourth-order valence-corrected chi connectivity index (χ4v) is 2.39. The third kappa shape index (κ3) is 5.45. The Bertz CT molecular complexity index is 777. The fraction of sp³-hybridized carbons (Fsp3) is 0.278. The molecule has 26 heavy (non-hydrogen) atoms. The Balaban J connectivity index is 2.29. The van der Waals surface area contributed by atoms with Crippen LogP contribution in [-0.4, -0.2) is 18.9 Å². The molecule has 0 aliphatic carbocycles. The molecule has 2 rings (SSSR count). The molecule has 0 bridgehead atoms. The normalized spacial score (nSPS) is 12.5. The molecule has 0 aliphatic heterocycles. The minimum absolute atomic E-state index is 0.0673. The Kier molecular flexibility index (Phi) is 6.20. The second-order valence-corrected chi connectivity index (χ2v) is 5.43. The molecule has 1 atom stereocenters. The minimum Gasteiger partial charge on any atom is -0.466 e. The molecule has 2 aromatic carbocycles. The second-order valence-electron chi connectivity index (χ2n) is 5.43. The number of hydrogen-bond donors (Lipinski definition) is 1. The number of nitrogens with two attached hydrogens (primary N) is 1. The van der Waals surface area contributed by atoms with Crippen LogP contribution >= 0.6 is 0 Å². The van der Waals surface area contributed by atoms with E-state index >= 15 is 0 Å². The van der Waals surface area contributed by atoms with Gasteiger partial charge in [-0.15, -0.1) is 13.2 Å². The maximum absolute atomic E-state index is 14.1. The van der Waals surface area contributed by atoms with Gasteiger partial charge in [-0.05, 0) is 42.3 Å². The van der Waals surface area contributed by atoms with Gasteiger partial charge in [0, 0.05) is 11.6 Å². The van der Waals surface area contributed by atoms with E-state index in [1.165, 1.54) is 24.3 Å². The quantitative estimate of drug-likeness (QED) is 0.606. The lowest BCUT2D eigenvalue weighted by Gasteiger charge is -2.14. The zero-order valence-electron chi connectivity index (χ0n) is 13.8. The van der Waals surface area contributed by atoms with E-state index in [2.05, 4.69) is 4.74 Å². The molecule has 4 nitrogen and oxygen atoms in total. The number of esters is 1. The average Bonchev–Trinajstić information content (AvgIpc) is 2.54. The molecule has 0 fully saturated rings. The van der Waals surface area contributed by atoms with Crippen LogP contribution in [0.4, 0.5) is 17.6 Å². The summed E-state index contributed by atoms with van der Waals surface area (Å²) in [4.78, 5) is 11.5. The molecule has 0 amide bonds. The van der Waals surface area contributed by atoms with E-state index in [-0.39, 0.29) is 18.6 Å². The van der Waals surface area contributed by atoms with Crippen molar-refractivity contribution in [1.29, 1.82) is 0 Å². The highest BCUT2D eigenvalue weighted by atomic mass is 19.4. The molecule has 8 heteroatoms. The minimum atomic E-state index is -4.81. The van der Waals surface area contributed by atoms with E-state index in [4.69, 9.17) is 10.5 Å². The Morgan fingerprint density at radius 2 is 1.85 bits per heavy atom. The van der Waals surface area contributed by atoms with Crippen molar-refractivity contribution in [3.8, 4) is 16.9 Å². The topological polar surface area (TPSA) is 61.5 Å². The first-order valence-electron chi connectivity index (χ1n) is 7.76. The highest BCUT2D eigenvalue weighted by molar-refractivity contribution is 5.71. The van der Waals surface area contributed by atoms with Crippen LogP contribution in [0.1, 0.15) is 24.9 Å². The van der Waals surface area contributed by atoms with E-state index in [0.717, 1.165) is 12.1 Å². The molecule has 0 heterocycles. The second kappa shape index (κ2) is 8.18. The van der Waals surface area contributed by atoms with Gasteiger partial charge in [-0.25, -0.2) is 4.39 Å². The van der Waals surface area contributed by atoms with E-state index in [1.807, 2.05) is 0 Å². The van der Waals surface area contributed by atoms with Gasteiger partial charge in [-0.1, -0.05) is 18.2 Å². The van der Waals surface area contributed by atoms with Crippen molar-refractivity contribution in [2.75, 3.05) is 6.61 Å². The highest BCUT2D eigenvalue weighted by Gasteiger charge is 2.31. The van der Waals surface area contributed by atoms with Gasteiger partial charge >= 0.3 is 12.3 Å². The first-order valence-corrected chi connectivity index (χ1v) is 7.76. The first-order chi connectivity index (χ1) is 12.2. The van der Waals surface area contributed by atoms with Crippen LogP contribution in [0, 0.1) is 5.82 Å².